The number of rotatable bonds is 4. The van der Waals surface area contributed by atoms with Gasteiger partial charge in [-0.25, -0.2) is 0 Å². The Labute approximate surface area is 128 Å². The van der Waals surface area contributed by atoms with Crippen LogP contribution in [0.15, 0.2) is 60.9 Å². The van der Waals surface area contributed by atoms with Crippen molar-refractivity contribution in [1.29, 1.82) is 0 Å². The summed E-state index contributed by atoms with van der Waals surface area (Å²) in [4.78, 5) is 4.22. The van der Waals surface area contributed by atoms with E-state index in [4.69, 9.17) is 17.4 Å². The molecule has 0 amide bonds. The number of aromatic nitrogens is 1. The molecule has 0 spiro atoms. The molecule has 0 saturated heterocycles. The maximum Gasteiger partial charge on any atom is 0.0507 e. The van der Waals surface area contributed by atoms with Gasteiger partial charge in [-0.2, -0.15) is 0 Å². The SMILES string of the molecule is NNC(Cc1ccccc1Cl)c1cccc2ccncc12. The van der Waals surface area contributed by atoms with Gasteiger partial charge in [0.1, 0.15) is 0 Å². The van der Waals surface area contributed by atoms with Gasteiger partial charge >= 0.3 is 0 Å². The van der Waals surface area contributed by atoms with E-state index in [0.717, 1.165) is 33.3 Å². The second-order valence-corrected chi connectivity index (χ2v) is 5.37. The summed E-state index contributed by atoms with van der Waals surface area (Å²) in [7, 11) is 0. The highest BCUT2D eigenvalue weighted by molar-refractivity contribution is 6.31. The van der Waals surface area contributed by atoms with Crippen molar-refractivity contribution >= 4 is 22.4 Å². The van der Waals surface area contributed by atoms with Crippen LogP contribution in [0, 0.1) is 0 Å². The lowest BCUT2D eigenvalue weighted by molar-refractivity contribution is 0.555. The first-order chi connectivity index (χ1) is 10.3. The number of hydrogen-bond donors (Lipinski definition) is 2. The van der Waals surface area contributed by atoms with E-state index < -0.39 is 0 Å². The monoisotopic (exact) mass is 297 g/mol. The number of benzene rings is 2. The third-order valence-electron chi connectivity index (χ3n) is 3.68. The molecule has 4 heteroatoms. The molecule has 1 atom stereocenters. The van der Waals surface area contributed by atoms with Crippen LogP contribution in [-0.2, 0) is 6.42 Å². The summed E-state index contributed by atoms with van der Waals surface area (Å²) < 4.78 is 0. The molecule has 3 N–H and O–H groups in total. The van der Waals surface area contributed by atoms with Crippen LogP contribution in [0.3, 0.4) is 0 Å². The number of nitrogens with one attached hydrogen (secondary N) is 1. The van der Waals surface area contributed by atoms with E-state index >= 15 is 0 Å². The zero-order chi connectivity index (χ0) is 14.7. The van der Waals surface area contributed by atoms with Crippen LogP contribution in [0.1, 0.15) is 17.2 Å². The molecule has 3 aromatic rings. The third kappa shape index (κ3) is 2.90. The van der Waals surface area contributed by atoms with Crippen LogP contribution >= 0.6 is 11.6 Å². The third-order valence-corrected chi connectivity index (χ3v) is 4.04. The van der Waals surface area contributed by atoms with Gasteiger partial charge in [0.2, 0.25) is 0 Å². The van der Waals surface area contributed by atoms with Gasteiger partial charge in [0.15, 0.2) is 0 Å². The highest BCUT2D eigenvalue weighted by Gasteiger charge is 2.15. The Kier molecular flexibility index (Phi) is 4.15. The van der Waals surface area contributed by atoms with Gasteiger partial charge in [-0.05, 0) is 35.1 Å². The van der Waals surface area contributed by atoms with Crippen molar-refractivity contribution in [2.24, 2.45) is 5.84 Å². The first-order valence-electron chi connectivity index (χ1n) is 6.82. The average Bonchev–Trinajstić information content (AvgIpc) is 2.54. The molecule has 0 saturated carbocycles. The van der Waals surface area contributed by atoms with Crippen LogP contribution in [0.25, 0.3) is 10.8 Å². The summed E-state index contributed by atoms with van der Waals surface area (Å²) in [5.41, 5.74) is 5.10. The van der Waals surface area contributed by atoms with Gasteiger partial charge in [-0.3, -0.25) is 16.3 Å². The Balaban J connectivity index is 2.01. The molecule has 0 aliphatic heterocycles. The molecular weight excluding hydrogens is 282 g/mol. The second-order valence-electron chi connectivity index (χ2n) is 4.96. The van der Waals surface area contributed by atoms with Crippen LogP contribution in [0.5, 0.6) is 0 Å². The molecule has 21 heavy (non-hydrogen) atoms. The topological polar surface area (TPSA) is 50.9 Å². The van der Waals surface area contributed by atoms with Gasteiger partial charge in [0, 0.05) is 22.8 Å². The number of fused-ring (bicyclic) bond motifs is 1. The molecule has 106 valence electrons. The minimum atomic E-state index is -0.0159. The lowest BCUT2D eigenvalue weighted by Crippen LogP contribution is -2.29. The molecule has 3 rings (SSSR count). The van der Waals surface area contributed by atoms with Crippen molar-refractivity contribution in [2.75, 3.05) is 0 Å². The summed E-state index contributed by atoms with van der Waals surface area (Å²) in [6, 6.07) is 16.0. The lowest BCUT2D eigenvalue weighted by atomic mass is 9.95. The van der Waals surface area contributed by atoms with Crippen LogP contribution in [0.4, 0.5) is 0 Å². The predicted octanol–water partition coefficient (Wildman–Crippen LogP) is 3.64. The van der Waals surface area contributed by atoms with Gasteiger partial charge in [-0.1, -0.05) is 48.0 Å². The first kappa shape index (κ1) is 14.0. The Bertz CT molecular complexity index is 752. The normalized spacial score (nSPS) is 12.5. The molecule has 0 bridgehead atoms. The molecule has 0 radical (unpaired) electrons. The van der Waals surface area contributed by atoms with Crippen molar-refractivity contribution < 1.29 is 0 Å². The van der Waals surface area contributed by atoms with Crippen molar-refractivity contribution in [3.05, 3.63) is 77.1 Å². The number of nitrogens with zero attached hydrogens (tertiary/aromatic N) is 1. The lowest BCUT2D eigenvalue weighted by Gasteiger charge is -2.19. The first-order valence-corrected chi connectivity index (χ1v) is 7.19. The number of nitrogens with two attached hydrogens (primary N) is 1. The number of hydrazine groups is 1. The maximum atomic E-state index is 6.25. The Hall–Kier alpha value is -1.94. The Morgan fingerprint density at radius 1 is 1.10 bits per heavy atom. The summed E-state index contributed by atoms with van der Waals surface area (Å²) in [6.45, 7) is 0. The summed E-state index contributed by atoms with van der Waals surface area (Å²) in [5, 5.41) is 3.02. The molecule has 0 aliphatic carbocycles. The van der Waals surface area contributed by atoms with Crippen LogP contribution < -0.4 is 11.3 Å². The fourth-order valence-corrected chi connectivity index (χ4v) is 2.80. The second kappa shape index (κ2) is 6.22. The molecule has 1 heterocycles. The predicted molar refractivity (Wildman–Crippen MR) is 87.0 cm³/mol. The quantitative estimate of drug-likeness (QED) is 0.571. The zero-order valence-electron chi connectivity index (χ0n) is 11.5. The summed E-state index contributed by atoms with van der Waals surface area (Å²) in [6.07, 6.45) is 4.40. The van der Waals surface area contributed by atoms with Crippen molar-refractivity contribution in [3.8, 4) is 0 Å². The molecule has 0 aliphatic rings. The van der Waals surface area contributed by atoms with E-state index in [2.05, 4.69) is 22.5 Å². The molecule has 3 nitrogen and oxygen atoms in total. The van der Waals surface area contributed by atoms with Crippen molar-refractivity contribution in [2.45, 2.75) is 12.5 Å². The van der Waals surface area contributed by atoms with E-state index in [-0.39, 0.29) is 6.04 Å². The fraction of sp³-hybridized carbons (Fsp3) is 0.118. The fourth-order valence-electron chi connectivity index (χ4n) is 2.58. The maximum absolute atomic E-state index is 6.25. The standard InChI is InChI=1S/C17H16ClN3/c18-16-7-2-1-4-13(16)10-17(21-19)14-6-3-5-12-8-9-20-11-15(12)14/h1-9,11,17,21H,10,19H2. The van der Waals surface area contributed by atoms with E-state index in [1.807, 2.05) is 42.6 Å². The summed E-state index contributed by atoms with van der Waals surface area (Å²) >= 11 is 6.25. The van der Waals surface area contributed by atoms with Crippen molar-refractivity contribution in [1.82, 2.24) is 10.4 Å². The van der Waals surface area contributed by atoms with Crippen LogP contribution in [-0.4, -0.2) is 4.98 Å². The van der Waals surface area contributed by atoms with Gasteiger partial charge in [0.05, 0.1) is 6.04 Å². The van der Waals surface area contributed by atoms with E-state index in [1.54, 1.807) is 6.20 Å². The van der Waals surface area contributed by atoms with Gasteiger partial charge in [-0.15, -0.1) is 0 Å². The van der Waals surface area contributed by atoms with E-state index in [1.165, 1.54) is 0 Å². The van der Waals surface area contributed by atoms with Crippen LogP contribution in [0.2, 0.25) is 5.02 Å². The Morgan fingerprint density at radius 2 is 1.95 bits per heavy atom. The van der Waals surface area contributed by atoms with Gasteiger partial charge in [0.25, 0.3) is 0 Å². The van der Waals surface area contributed by atoms with E-state index in [0.29, 0.717) is 0 Å². The molecule has 0 fully saturated rings. The number of halogens is 1. The zero-order valence-corrected chi connectivity index (χ0v) is 12.2. The highest BCUT2D eigenvalue weighted by Crippen LogP contribution is 2.27. The molecule has 2 aromatic carbocycles. The highest BCUT2D eigenvalue weighted by atomic mass is 35.5. The number of hydrogen-bond acceptors (Lipinski definition) is 3. The smallest absolute Gasteiger partial charge is 0.0507 e. The number of pyridine rings is 1. The largest absolute Gasteiger partial charge is 0.271 e. The minimum Gasteiger partial charge on any atom is -0.271 e. The average molecular weight is 298 g/mol. The van der Waals surface area contributed by atoms with Gasteiger partial charge < -0.3 is 0 Å². The molecule has 1 aromatic heterocycles. The van der Waals surface area contributed by atoms with E-state index in [9.17, 15) is 0 Å². The molecule has 1 unspecified atom stereocenters. The Morgan fingerprint density at radius 3 is 2.76 bits per heavy atom. The minimum absolute atomic E-state index is 0.0159. The molecular formula is C17H16ClN3. The summed E-state index contributed by atoms with van der Waals surface area (Å²) in [5.74, 6) is 5.78. The van der Waals surface area contributed by atoms with Crippen molar-refractivity contribution in [3.63, 3.8) is 0 Å².